The standard InChI is InChI=1S/C19H20F2N4OS/c1-25-12-15(16(24-25)17(20)21)14(13-6-3-2-4-7-13)8-5-9-22-18(26)19-23-10-11-27-19/h2-4,6-7,10-12,14,17H,5,8-9H2,1H3,(H,22,26). The number of rotatable bonds is 8. The lowest BCUT2D eigenvalue weighted by Gasteiger charge is -2.18. The van der Waals surface area contributed by atoms with Crippen LogP contribution in [0.25, 0.3) is 0 Å². The van der Waals surface area contributed by atoms with Gasteiger partial charge in [-0.3, -0.25) is 9.48 Å². The van der Waals surface area contributed by atoms with Crippen LogP contribution < -0.4 is 5.32 Å². The van der Waals surface area contributed by atoms with Crippen LogP contribution in [0.2, 0.25) is 0 Å². The van der Waals surface area contributed by atoms with Crippen LogP contribution in [-0.4, -0.2) is 27.2 Å². The third-order valence-corrected chi connectivity index (χ3v) is 5.02. The van der Waals surface area contributed by atoms with E-state index in [1.165, 1.54) is 16.0 Å². The Morgan fingerprint density at radius 2 is 2.07 bits per heavy atom. The summed E-state index contributed by atoms with van der Waals surface area (Å²) < 4.78 is 28.3. The lowest BCUT2D eigenvalue weighted by atomic mass is 9.87. The molecule has 0 saturated carbocycles. The maximum absolute atomic E-state index is 13.4. The van der Waals surface area contributed by atoms with Crippen LogP contribution in [0.5, 0.6) is 0 Å². The molecule has 0 aliphatic carbocycles. The minimum Gasteiger partial charge on any atom is -0.350 e. The third-order valence-electron chi connectivity index (χ3n) is 4.25. The first-order valence-electron chi connectivity index (χ1n) is 8.60. The van der Waals surface area contributed by atoms with Gasteiger partial charge in [0.25, 0.3) is 12.3 Å². The van der Waals surface area contributed by atoms with Crippen molar-refractivity contribution in [1.29, 1.82) is 0 Å². The second kappa shape index (κ2) is 8.85. The summed E-state index contributed by atoms with van der Waals surface area (Å²) in [4.78, 5) is 15.9. The lowest BCUT2D eigenvalue weighted by Crippen LogP contribution is -2.24. The van der Waals surface area contributed by atoms with Crippen LogP contribution in [0, 0.1) is 0 Å². The highest BCUT2D eigenvalue weighted by atomic mass is 32.1. The highest BCUT2D eigenvalue weighted by Gasteiger charge is 2.25. The third kappa shape index (κ3) is 4.77. The minimum atomic E-state index is -2.63. The summed E-state index contributed by atoms with van der Waals surface area (Å²) in [6.07, 6.45) is 1.88. The normalized spacial score (nSPS) is 12.3. The summed E-state index contributed by atoms with van der Waals surface area (Å²) in [7, 11) is 1.64. The molecule has 0 bridgehead atoms. The van der Waals surface area contributed by atoms with Gasteiger partial charge in [-0.2, -0.15) is 5.10 Å². The van der Waals surface area contributed by atoms with Crippen LogP contribution in [0.1, 0.15) is 51.8 Å². The summed E-state index contributed by atoms with van der Waals surface area (Å²) in [5, 5.41) is 8.93. The van der Waals surface area contributed by atoms with Gasteiger partial charge >= 0.3 is 0 Å². The smallest absolute Gasteiger partial charge is 0.282 e. The van der Waals surface area contributed by atoms with E-state index in [9.17, 15) is 13.6 Å². The van der Waals surface area contributed by atoms with E-state index >= 15 is 0 Å². The molecule has 0 aliphatic heterocycles. The zero-order valence-corrected chi connectivity index (χ0v) is 15.6. The monoisotopic (exact) mass is 390 g/mol. The topological polar surface area (TPSA) is 59.8 Å². The van der Waals surface area contributed by atoms with E-state index in [1.54, 1.807) is 24.8 Å². The number of thiazole rings is 1. The summed E-state index contributed by atoms with van der Waals surface area (Å²) in [5.41, 5.74) is 1.31. The number of benzene rings is 1. The van der Waals surface area contributed by atoms with E-state index < -0.39 is 6.43 Å². The maximum atomic E-state index is 13.4. The van der Waals surface area contributed by atoms with Crippen molar-refractivity contribution in [3.8, 4) is 0 Å². The van der Waals surface area contributed by atoms with Gasteiger partial charge in [0.15, 0.2) is 5.01 Å². The number of aryl methyl sites for hydroxylation is 1. The summed E-state index contributed by atoms with van der Waals surface area (Å²) in [6.45, 7) is 0.450. The molecule has 27 heavy (non-hydrogen) atoms. The molecule has 2 heterocycles. The number of hydrogen-bond donors (Lipinski definition) is 1. The Bertz CT molecular complexity index is 865. The molecule has 0 spiro atoms. The van der Waals surface area contributed by atoms with Crippen molar-refractivity contribution in [3.05, 3.63) is 69.9 Å². The fourth-order valence-electron chi connectivity index (χ4n) is 3.07. The first-order valence-corrected chi connectivity index (χ1v) is 9.48. The predicted octanol–water partition coefficient (Wildman–Crippen LogP) is 4.16. The van der Waals surface area contributed by atoms with Gasteiger partial charge in [0.1, 0.15) is 5.69 Å². The van der Waals surface area contributed by atoms with Crippen LogP contribution >= 0.6 is 11.3 Å². The Kier molecular flexibility index (Phi) is 6.28. The molecule has 3 rings (SSSR count). The molecule has 142 valence electrons. The number of nitrogens with one attached hydrogen (secondary N) is 1. The predicted molar refractivity (Wildman–Crippen MR) is 100 cm³/mol. The molecular formula is C19H20F2N4OS. The van der Waals surface area contributed by atoms with Gasteiger partial charge in [0, 0.05) is 42.8 Å². The Balaban J connectivity index is 1.71. The molecular weight excluding hydrogens is 370 g/mol. The van der Waals surface area contributed by atoms with Gasteiger partial charge in [-0.05, 0) is 18.4 Å². The van der Waals surface area contributed by atoms with Gasteiger partial charge in [-0.25, -0.2) is 13.8 Å². The molecule has 8 heteroatoms. The minimum absolute atomic E-state index is 0.182. The first-order chi connectivity index (χ1) is 13.1. The number of aromatic nitrogens is 3. The molecule has 1 aromatic carbocycles. The van der Waals surface area contributed by atoms with E-state index in [0.29, 0.717) is 30.0 Å². The van der Waals surface area contributed by atoms with Crippen LogP contribution in [-0.2, 0) is 7.05 Å². The second-order valence-corrected chi connectivity index (χ2v) is 7.04. The van der Waals surface area contributed by atoms with Gasteiger partial charge in [-0.15, -0.1) is 11.3 Å². The zero-order chi connectivity index (χ0) is 19.2. The molecule has 3 aromatic rings. The molecule has 1 atom stereocenters. The number of carbonyl (C=O) groups is 1. The Morgan fingerprint density at radius 1 is 1.30 bits per heavy atom. The van der Waals surface area contributed by atoms with E-state index in [1.807, 2.05) is 30.3 Å². The molecule has 0 radical (unpaired) electrons. The number of nitrogens with zero attached hydrogens (tertiary/aromatic N) is 3. The van der Waals surface area contributed by atoms with Gasteiger partial charge in [0.2, 0.25) is 0 Å². The molecule has 1 unspecified atom stereocenters. The van der Waals surface area contributed by atoms with Crippen LogP contribution in [0.15, 0.2) is 48.1 Å². The molecule has 1 amide bonds. The van der Waals surface area contributed by atoms with Gasteiger partial charge in [-0.1, -0.05) is 30.3 Å². The fourth-order valence-corrected chi connectivity index (χ4v) is 3.62. The maximum Gasteiger partial charge on any atom is 0.282 e. The van der Waals surface area contributed by atoms with Crippen molar-refractivity contribution >= 4 is 17.2 Å². The fraction of sp³-hybridized carbons (Fsp3) is 0.316. The number of amides is 1. The largest absolute Gasteiger partial charge is 0.350 e. The first kappa shape index (κ1) is 19.2. The van der Waals surface area contributed by atoms with Crippen molar-refractivity contribution in [2.24, 2.45) is 7.05 Å². The average molecular weight is 390 g/mol. The molecule has 1 N–H and O–H groups in total. The molecule has 0 aliphatic rings. The van der Waals surface area contributed by atoms with Crippen molar-refractivity contribution in [1.82, 2.24) is 20.1 Å². The number of halogens is 2. The van der Waals surface area contributed by atoms with Crippen molar-refractivity contribution < 1.29 is 13.6 Å². The Morgan fingerprint density at radius 3 is 2.74 bits per heavy atom. The van der Waals surface area contributed by atoms with Gasteiger partial charge < -0.3 is 5.32 Å². The van der Waals surface area contributed by atoms with Gasteiger partial charge in [0.05, 0.1) is 0 Å². The Hall–Kier alpha value is -2.61. The number of hydrogen-bond acceptors (Lipinski definition) is 4. The summed E-state index contributed by atoms with van der Waals surface area (Å²) >= 11 is 1.28. The Labute approximate surface area is 160 Å². The zero-order valence-electron chi connectivity index (χ0n) is 14.8. The van der Waals surface area contributed by atoms with Crippen molar-refractivity contribution in [2.75, 3.05) is 6.54 Å². The van der Waals surface area contributed by atoms with E-state index in [-0.39, 0.29) is 17.5 Å². The van der Waals surface area contributed by atoms with Crippen molar-refractivity contribution in [3.63, 3.8) is 0 Å². The average Bonchev–Trinajstić information content (AvgIpc) is 3.32. The van der Waals surface area contributed by atoms with Crippen LogP contribution in [0.4, 0.5) is 8.78 Å². The van der Waals surface area contributed by atoms with Crippen LogP contribution in [0.3, 0.4) is 0 Å². The highest BCUT2D eigenvalue weighted by Crippen LogP contribution is 2.34. The molecule has 0 fully saturated rings. The van der Waals surface area contributed by atoms with E-state index in [0.717, 1.165) is 5.56 Å². The second-order valence-electron chi connectivity index (χ2n) is 6.14. The summed E-state index contributed by atoms with van der Waals surface area (Å²) in [6, 6.07) is 9.55. The van der Waals surface area contributed by atoms with E-state index in [4.69, 9.17) is 0 Å². The quantitative estimate of drug-likeness (QED) is 0.588. The SMILES string of the molecule is Cn1cc(C(CCCNC(=O)c2nccs2)c2ccccc2)c(C(F)F)n1. The summed E-state index contributed by atoms with van der Waals surface area (Å²) in [5.74, 6) is -0.420. The molecule has 2 aromatic heterocycles. The lowest BCUT2D eigenvalue weighted by molar-refractivity contribution is 0.0952. The highest BCUT2D eigenvalue weighted by molar-refractivity contribution is 7.11. The molecule has 0 saturated heterocycles. The molecule has 5 nitrogen and oxygen atoms in total. The van der Waals surface area contributed by atoms with E-state index in [2.05, 4.69) is 15.4 Å². The van der Waals surface area contributed by atoms with Crippen molar-refractivity contribution in [2.45, 2.75) is 25.2 Å². The number of alkyl halides is 2. The number of carbonyl (C=O) groups excluding carboxylic acids is 1.